The maximum absolute atomic E-state index is 13.3. The first-order valence-corrected chi connectivity index (χ1v) is 11.6. The minimum absolute atomic E-state index is 0.0520. The maximum Gasteiger partial charge on any atom is 0.261 e. The molecule has 1 atom stereocenters. The van der Waals surface area contributed by atoms with Gasteiger partial charge in [-0.3, -0.25) is 9.59 Å². The molecule has 32 heavy (non-hydrogen) atoms. The second kappa shape index (κ2) is 11.8. The molecule has 1 N–H and O–H groups in total. The van der Waals surface area contributed by atoms with Gasteiger partial charge in [-0.1, -0.05) is 47.8 Å². The highest BCUT2D eigenvalue weighted by Gasteiger charge is 2.29. The molecule has 2 aromatic carbocycles. The summed E-state index contributed by atoms with van der Waals surface area (Å²) in [6.45, 7) is 9.30. The molecule has 0 aliphatic rings. The van der Waals surface area contributed by atoms with Gasteiger partial charge in [0.2, 0.25) is 5.91 Å². The Labute approximate surface area is 205 Å². The molecule has 0 fully saturated rings. The Balaban J connectivity index is 2.29. The Morgan fingerprint density at radius 1 is 1.06 bits per heavy atom. The fraction of sp³-hybridized carbons (Fsp3) is 0.417. The Morgan fingerprint density at radius 2 is 1.69 bits per heavy atom. The number of aryl methyl sites for hydroxylation is 2. The molecular weight excluding hydrogens is 471 g/mol. The molecule has 2 rings (SSSR count). The summed E-state index contributed by atoms with van der Waals surface area (Å²) in [6.07, 6.45) is 0.439. The van der Waals surface area contributed by atoms with Crippen molar-refractivity contribution in [2.24, 2.45) is 0 Å². The lowest BCUT2D eigenvalue weighted by atomic mass is 10.1. The van der Waals surface area contributed by atoms with Crippen LogP contribution in [0, 0.1) is 13.8 Å². The molecule has 0 saturated carbocycles. The highest BCUT2D eigenvalue weighted by atomic mass is 35.5. The number of amides is 2. The van der Waals surface area contributed by atoms with E-state index < -0.39 is 6.04 Å². The molecule has 0 radical (unpaired) electrons. The highest BCUT2D eigenvalue weighted by Crippen LogP contribution is 2.27. The smallest absolute Gasteiger partial charge is 0.261 e. The molecule has 0 unspecified atom stereocenters. The van der Waals surface area contributed by atoms with E-state index >= 15 is 0 Å². The summed E-state index contributed by atoms with van der Waals surface area (Å²) in [5, 5.41) is 4.49. The molecule has 0 aliphatic heterocycles. The van der Waals surface area contributed by atoms with Gasteiger partial charge in [-0.25, -0.2) is 0 Å². The van der Waals surface area contributed by atoms with Gasteiger partial charge in [0.15, 0.2) is 6.61 Å². The highest BCUT2D eigenvalue weighted by molar-refractivity contribution is 6.35. The summed E-state index contributed by atoms with van der Waals surface area (Å²) in [6, 6.07) is 7.92. The second-order valence-electron chi connectivity index (χ2n) is 8.00. The van der Waals surface area contributed by atoms with Crippen LogP contribution in [0.25, 0.3) is 0 Å². The van der Waals surface area contributed by atoms with Crippen molar-refractivity contribution < 1.29 is 14.3 Å². The van der Waals surface area contributed by atoms with E-state index in [0.717, 1.165) is 11.1 Å². The summed E-state index contributed by atoms with van der Waals surface area (Å²) in [5.74, 6) is -0.00643. The summed E-state index contributed by atoms with van der Waals surface area (Å²) < 4.78 is 5.77. The summed E-state index contributed by atoms with van der Waals surface area (Å²) >= 11 is 18.6. The fourth-order valence-corrected chi connectivity index (χ4v) is 3.93. The predicted molar refractivity (Wildman–Crippen MR) is 131 cm³/mol. The van der Waals surface area contributed by atoms with Gasteiger partial charge in [0.1, 0.15) is 11.8 Å². The van der Waals surface area contributed by atoms with Crippen LogP contribution in [-0.4, -0.2) is 35.4 Å². The molecule has 0 saturated heterocycles. The fourth-order valence-electron chi connectivity index (χ4n) is 3.35. The molecule has 8 heteroatoms. The van der Waals surface area contributed by atoms with Gasteiger partial charge in [0.25, 0.3) is 5.91 Å². The van der Waals surface area contributed by atoms with E-state index in [2.05, 4.69) is 5.32 Å². The molecular formula is C24H29Cl3N2O3. The van der Waals surface area contributed by atoms with E-state index in [9.17, 15) is 9.59 Å². The van der Waals surface area contributed by atoms with Crippen molar-refractivity contribution in [2.45, 2.75) is 59.7 Å². The zero-order chi connectivity index (χ0) is 24.0. The molecule has 5 nitrogen and oxygen atoms in total. The number of ether oxygens (including phenoxy) is 1. The first kappa shape index (κ1) is 26.3. The number of benzene rings is 2. The lowest BCUT2D eigenvalue weighted by Crippen LogP contribution is -2.51. The molecule has 2 amide bonds. The molecule has 0 aromatic heterocycles. The van der Waals surface area contributed by atoms with E-state index in [-0.39, 0.29) is 31.0 Å². The molecule has 0 heterocycles. The standard InChI is InChI=1S/C24H29Cl3N2O3/c1-6-21(24(31)28-14(2)3)29(12-17-7-8-18(25)11-20(17)26)22(30)13-32-19-9-15(4)23(27)16(5)10-19/h7-11,14,21H,6,12-13H2,1-5H3,(H,28,31)/t21-/m1/s1. The van der Waals surface area contributed by atoms with Gasteiger partial charge < -0.3 is 15.0 Å². The number of hydrogen-bond acceptors (Lipinski definition) is 3. The van der Waals surface area contributed by atoms with Gasteiger partial charge in [-0.15, -0.1) is 0 Å². The van der Waals surface area contributed by atoms with Crippen molar-refractivity contribution >= 4 is 46.6 Å². The molecule has 0 spiro atoms. The van der Waals surface area contributed by atoms with Crippen LogP contribution in [0.1, 0.15) is 43.9 Å². The minimum Gasteiger partial charge on any atom is -0.484 e. The van der Waals surface area contributed by atoms with Crippen LogP contribution in [0.4, 0.5) is 0 Å². The van der Waals surface area contributed by atoms with Crippen molar-refractivity contribution in [2.75, 3.05) is 6.61 Å². The topological polar surface area (TPSA) is 58.6 Å². The third-order valence-electron chi connectivity index (χ3n) is 4.94. The maximum atomic E-state index is 13.3. The first-order valence-electron chi connectivity index (χ1n) is 10.5. The molecule has 0 aliphatic carbocycles. The normalized spacial score (nSPS) is 11.9. The van der Waals surface area contributed by atoms with Crippen LogP contribution in [0.2, 0.25) is 15.1 Å². The third kappa shape index (κ3) is 7.03. The average molecular weight is 500 g/mol. The van der Waals surface area contributed by atoms with Gasteiger partial charge in [-0.05, 0) is 75.1 Å². The third-order valence-corrected chi connectivity index (χ3v) is 6.13. The SMILES string of the molecule is CC[C@H](C(=O)NC(C)C)N(Cc1ccc(Cl)cc1Cl)C(=O)COc1cc(C)c(Cl)c(C)c1. The monoisotopic (exact) mass is 498 g/mol. The number of carbonyl (C=O) groups excluding carboxylic acids is 2. The summed E-state index contributed by atoms with van der Waals surface area (Å²) in [4.78, 5) is 27.6. The average Bonchev–Trinajstić information content (AvgIpc) is 2.71. The van der Waals surface area contributed by atoms with E-state index in [0.29, 0.717) is 32.8 Å². The van der Waals surface area contributed by atoms with E-state index in [1.807, 2.05) is 34.6 Å². The number of carbonyl (C=O) groups is 2. The van der Waals surface area contributed by atoms with Crippen LogP contribution in [-0.2, 0) is 16.1 Å². The number of nitrogens with one attached hydrogen (secondary N) is 1. The van der Waals surface area contributed by atoms with Crippen molar-refractivity contribution in [3.05, 3.63) is 62.1 Å². The van der Waals surface area contributed by atoms with Crippen LogP contribution in [0.5, 0.6) is 5.75 Å². The van der Waals surface area contributed by atoms with E-state index in [1.54, 1.807) is 30.3 Å². The molecule has 0 bridgehead atoms. The van der Waals surface area contributed by atoms with Crippen LogP contribution >= 0.6 is 34.8 Å². The second-order valence-corrected chi connectivity index (χ2v) is 9.23. The van der Waals surface area contributed by atoms with E-state index in [1.165, 1.54) is 4.90 Å². The number of rotatable bonds is 9. The quantitative estimate of drug-likeness (QED) is 0.462. The number of nitrogens with zero attached hydrogens (tertiary/aromatic N) is 1. The Morgan fingerprint density at radius 3 is 2.22 bits per heavy atom. The van der Waals surface area contributed by atoms with Gasteiger partial charge in [-0.2, -0.15) is 0 Å². The first-order chi connectivity index (χ1) is 15.0. The largest absolute Gasteiger partial charge is 0.484 e. The number of hydrogen-bond donors (Lipinski definition) is 1. The van der Waals surface area contributed by atoms with Crippen LogP contribution in [0.15, 0.2) is 30.3 Å². The molecule has 174 valence electrons. The Kier molecular flexibility index (Phi) is 9.68. The number of halogens is 3. The summed E-state index contributed by atoms with van der Waals surface area (Å²) in [7, 11) is 0. The van der Waals surface area contributed by atoms with Crippen molar-refractivity contribution in [1.29, 1.82) is 0 Å². The van der Waals surface area contributed by atoms with Crippen molar-refractivity contribution in [3.8, 4) is 5.75 Å². The van der Waals surface area contributed by atoms with E-state index in [4.69, 9.17) is 39.5 Å². The zero-order valence-corrected chi connectivity index (χ0v) is 21.2. The van der Waals surface area contributed by atoms with Crippen molar-refractivity contribution in [1.82, 2.24) is 10.2 Å². The van der Waals surface area contributed by atoms with Gasteiger partial charge >= 0.3 is 0 Å². The predicted octanol–water partition coefficient (Wildman–Crippen LogP) is 5.97. The lowest BCUT2D eigenvalue weighted by molar-refractivity contribution is -0.143. The van der Waals surface area contributed by atoms with Crippen LogP contribution < -0.4 is 10.1 Å². The van der Waals surface area contributed by atoms with Crippen molar-refractivity contribution in [3.63, 3.8) is 0 Å². The Hall–Kier alpha value is -1.95. The summed E-state index contributed by atoms with van der Waals surface area (Å²) in [5.41, 5.74) is 2.42. The van der Waals surface area contributed by atoms with Gasteiger partial charge in [0, 0.05) is 27.7 Å². The Bertz CT molecular complexity index is 956. The molecule has 2 aromatic rings. The van der Waals surface area contributed by atoms with Gasteiger partial charge in [0.05, 0.1) is 0 Å². The lowest BCUT2D eigenvalue weighted by Gasteiger charge is -2.31. The van der Waals surface area contributed by atoms with Crippen LogP contribution in [0.3, 0.4) is 0 Å². The zero-order valence-electron chi connectivity index (χ0n) is 19.0. The minimum atomic E-state index is -0.672.